The number of anilines is 1. The number of amides is 2. The van der Waals surface area contributed by atoms with Crippen molar-refractivity contribution < 1.29 is 33.3 Å². The van der Waals surface area contributed by atoms with Gasteiger partial charge in [-0.2, -0.15) is 4.37 Å². The van der Waals surface area contributed by atoms with Gasteiger partial charge in [-0.15, -0.1) is 0 Å². The summed E-state index contributed by atoms with van der Waals surface area (Å²) < 4.78 is 36.9. The number of benzene rings is 1. The van der Waals surface area contributed by atoms with Crippen LogP contribution >= 0.6 is 23.1 Å². The molecular weight excluding hydrogens is 482 g/mol. The molecule has 2 amide bonds. The standard InChI is InChI=1S/C20H25ClF2N4O5S/c1-2-27(7-8-28)6-4-3-5-24-20(31)25-18-16(19(29)30)17(26-33-18)32-11-13-14(22)9-12(21)10-15(13)23/h9-10,28H,2-8,11H2,1H3,(H,29,30)(H2,24,25,31). The molecule has 1 aromatic carbocycles. The first kappa shape index (κ1) is 26.7. The minimum atomic E-state index is -1.42. The molecule has 0 bridgehead atoms. The fraction of sp³-hybridized carbons (Fsp3) is 0.450. The zero-order chi connectivity index (χ0) is 24.4. The van der Waals surface area contributed by atoms with E-state index in [1.54, 1.807) is 0 Å². The van der Waals surface area contributed by atoms with Crippen LogP contribution in [-0.4, -0.2) is 64.3 Å². The van der Waals surface area contributed by atoms with Crippen LogP contribution in [0.2, 0.25) is 5.02 Å². The number of nitrogens with zero attached hydrogens (tertiary/aromatic N) is 2. The fourth-order valence-electron chi connectivity index (χ4n) is 2.88. The number of hydrogen-bond acceptors (Lipinski definition) is 7. The molecule has 0 saturated carbocycles. The number of urea groups is 1. The van der Waals surface area contributed by atoms with E-state index in [-0.39, 0.29) is 22.5 Å². The van der Waals surface area contributed by atoms with Crippen LogP contribution in [0.1, 0.15) is 35.7 Å². The summed E-state index contributed by atoms with van der Waals surface area (Å²) in [5, 5.41) is 23.3. The third-order valence-electron chi connectivity index (χ3n) is 4.61. The van der Waals surface area contributed by atoms with Gasteiger partial charge in [0.15, 0.2) is 5.56 Å². The van der Waals surface area contributed by atoms with Crippen molar-refractivity contribution in [1.82, 2.24) is 14.6 Å². The Morgan fingerprint density at radius 3 is 2.55 bits per heavy atom. The molecule has 182 valence electrons. The Morgan fingerprint density at radius 2 is 1.94 bits per heavy atom. The molecule has 2 aromatic rings. The number of halogens is 3. The summed E-state index contributed by atoms with van der Waals surface area (Å²) >= 11 is 6.25. The highest BCUT2D eigenvalue weighted by atomic mass is 35.5. The van der Waals surface area contributed by atoms with Crippen molar-refractivity contribution in [3.63, 3.8) is 0 Å². The van der Waals surface area contributed by atoms with Crippen LogP contribution in [0.4, 0.5) is 18.6 Å². The molecule has 2 rings (SSSR count). The highest BCUT2D eigenvalue weighted by molar-refractivity contribution is 7.11. The molecule has 0 fully saturated rings. The van der Waals surface area contributed by atoms with Gasteiger partial charge in [0, 0.05) is 18.1 Å². The number of aromatic nitrogens is 1. The predicted octanol–water partition coefficient (Wildman–Crippen LogP) is 3.57. The van der Waals surface area contributed by atoms with Gasteiger partial charge in [0.25, 0.3) is 0 Å². The fourth-order valence-corrected chi connectivity index (χ4v) is 3.79. The van der Waals surface area contributed by atoms with E-state index in [1.807, 2.05) is 6.92 Å². The topological polar surface area (TPSA) is 124 Å². The van der Waals surface area contributed by atoms with Gasteiger partial charge in [-0.3, -0.25) is 5.32 Å². The van der Waals surface area contributed by atoms with Crippen molar-refractivity contribution in [3.8, 4) is 5.88 Å². The highest BCUT2D eigenvalue weighted by Gasteiger charge is 2.24. The van der Waals surface area contributed by atoms with Gasteiger partial charge >= 0.3 is 12.0 Å². The zero-order valence-electron chi connectivity index (χ0n) is 17.9. The molecule has 1 aromatic heterocycles. The lowest BCUT2D eigenvalue weighted by molar-refractivity contribution is 0.0693. The number of carbonyl (C=O) groups is 2. The molecule has 0 spiro atoms. The van der Waals surface area contributed by atoms with Crippen molar-refractivity contribution in [2.45, 2.75) is 26.4 Å². The number of aliphatic hydroxyl groups excluding tert-OH is 1. The van der Waals surface area contributed by atoms with Crippen LogP contribution in [0.15, 0.2) is 12.1 Å². The van der Waals surface area contributed by atoms with Crippen LogP contribution < -0.4 is 15.4 Å². The SMILES string of the molecule is CCN(CCO)CCCCNC(=O)Nc1snc(OCc2c(F)cc(Cl)cc2F)c1C(=O)O. The second kappa shape index (κ2) is 13.2. The minimum Gasteiger partial charge on any atom is -0.477 e. The first-order valence-electron chi connectivity index (χ1n) is 10.1. The summed E-state index contributed by atoms with van der Waals surface area (Å²) in [4.78, 5) is 25.9. The van der Waals surface area contributed by atoms with E-state index in [0.717, 1.165) is 31.6 Å². The molecule has 0 atom stereocenters. The largest absolute Gasteiger partial charge is 0.477 e. The van der Waals surface area contributed by atoms with E-state index in [9.17, 15) is 23.5 Å². The number of likely N-dealkylation sites (N-methyl/N-ethyl adjacent to an activating group) is 1. The molecule has 4 N–H and O–H groups in total. The molecule has 0 aliphatic heterocycles. The number of rotatable bonds is 13. The van der Waals surface area contributed by atoms with Gasteiger partial charge in [0.05, 0.1) is 12.2 Å². The number of carbonyl (C=O) groups excluding carboxylic acids is 1. The van der Waals surface area contributed by atoms with E-state index in [4.69, 9.17) is 21.4 Å². The van der Waals surface area contributed by atoms with Gasteiger partial charge in [0.2, 0.25) is 5.88 Å². The normalized spacial score (nSPS) is 11.0. The average molecular weight is 507 g/mol. The smallest absolute Gasteiger partial charge is 0.344 e. The lowest BCUT2D eigenvalue weighted by Gasteiger charge is -2.18. The van der Waals surface area contributed by atoms with E-state index in [1.165, 1.54) is 0 Å². The second-order valence-electron chi connectivity index (χ2n) is 6.88. The summed E-state index contributed by atoms with van der Waals surface area (Å²) in [6, 6.07) is 1.20. The molecule has 1 heterocycles. The van der Waals surface area contributed by atoms with Gasteiger partial charge in [-0.1, -0.05) is 18.5 Å². The third-order valence-corrected chi connectivity index (χ3v) is 5.57. The quantitative estimate of drug-likeness (QED) is 0.306. The summed E-state index contributed by atoms with van der Waals surface area (Å²) in [5.41, 5.74) is -0.857. The maximum atomic E-state index is 13.9. The number of hydrogen-bond donors (Lipinski definition) is 4. The maximum Gasteiger partial charge on any atom is 0.344 e. The van der Waals surface area contributed by atoms with Crippen LogP contribution in [0.3, 0.4) is 0 Å². The number of unbranched alkanes of at least 4 members (excludes halogenated alkanes) is 1. The summed E-state index contributed by atoms with van der Waals surface area (Å²) in [6.45, 7) is 4.03. The Labute approximate surface area is 198 Å². The van der Waals surface area contributed by atoms with Crippen molar-refractivity contribution >= 4 is 40.1 Å². The molecule has 0 aliphatic carbocycles. The van der Waals surface area contributed by atoms with Crippen LogP contribution in [0.25, 0.3) is 0 Å². The van der Waals surface area contributed by atoms with Crippen molar-refractivity contribution in [1.29, 1.82) is 0 Å². The minimum absolute atomic E-state index is 0.0767. The number of nitrogens with one attached hydrogen (secondary N) is 2. The van der Waals surface area contributed by atoms with E-state index in [2.05, 4.69) is 19.9 Å². The molecule has 0 aliphatic rings. The first-order valence-corrected chi connectivity index (χ1v) is 11.3. The monoisotopic (exact) mass is 506 g/mol. The Kier molecular flexibility index (Phi) is 10.7. The van der Waals surface area contributed by atoms with E-state index >= 15 is 0 Å². The predicted molar refractivity (Wildman–Crippen MR) is 120 cm³/mol. The van der Waals surface area contributed by atoms with Crippen LogP contribution in [0.5, 0.6) is 5.88 Å². The van der Waals surface area contributed by atoms with Crippen molar-refractivity contribution in [3.05, 3.63) is 39.9 Å². The summed E-state index contributed by atoms with van der Waals surface area (Å²) in [6.07, 6.45) is 1.50. The Hall–Kier alpha value is -2.54. The zero-order valence-corrected chi connectivity index (χ0v) is 19.4. The van der Waals surface area contributed by atoms with Crippen LogP contribution in [0, 0.1) is 11.6 Å². The van der Waals surface area contributed by atoms with Crippen molar-refractivity contribution in [2.24, 2.45) is 0 Å². The number of carboxylic acid groups (broad SMARTS) is 1. The number of aromatic carboxylic acids is 1. The molecule has 9 nitrogen and oxygen atoms in total. The second-order valence-corrected chi connectivity index (χ2v) is 8.09. The average Bonchev–Trinajstić information content (AvgIpc) is 3.14. The summed E-state index contributed by atoms with van der Waals surface area (Å²) in [5.74, 6) is -3.68. The van der Waals surface area contributed by atoms with E-state index < -0.39 is 41.4 Å². The van der Waals surface area contributed by atoms with Gasteiger partial charge in [0.1, 0.15) is 23.2 Å². The Bertz CT molecular complexity index is 940. The molecule has 13 heteroatoms. The molecular formula is C20H25ClF2N4O5S. The third kappa shape index (κ3) is 8.07. The van der Waals surface area contributed by atoms with Gasteiger partial charge in [-0.05, 0) is 49.6 Å². The van der Waals surface area contributed by atoms with Crippen LogP contribution in [-0.2, 0) is 6.61 Å². The molecule has 0 saturated heterocycles. The Balaban J connectivity index is 1.91. The maximum absolute atomic E-state index is 13.9. The van der Waals surface area contributed by atoms with Gasteiger partial charge in [-0.25, -0.2) is 18.4 Å². The number of aliphatic hydroxyl groups is 1. The number of ether oxygens (including phenoxy) is 1. The first-order chi connectivity index (χ1) is 15.8. The molecule has 0 unspecified atom stereocenters. The van der Waals surface area contributed by atoms with E-state index in [0.29, 0.717) is 31.0 Å². The van der Waals surface area contributed by atoms with Crippen molar-refractivity contribution in [2.75, 3.05) is 38.1 Å². The summed E-state index contributed by atoms with van der Waals surface area (Å²) in [7, 11) is 0. The lowest BCUT2D eigenvalue weighted by atomic mass is 10.2. The Morgan fingerprint density at radius 1 is 1.24 bits per heavy atom. The highest BCUT2D eigenvalue weighted by Crippen LogP contribution is 2.31. The number of carboxylic acids is 1. The lowest BCUT2D eigenvalue weighted by Crippen LogP contribution is -2.31. The molecule has 0 radical (unpaired) electrons. The molecule has 33 heavy (non-hydrogen) atoms. The van der Waals surface area contributed by atoms with Gasteiger partial charge < -0.3 is 25.2 Å².